The first-order chi connectivity index (χ1) is 5.04. The van der Waals surface area contributed by atoms with Crippen LogP contribution in [0.15, 0.2) is 17.4 Å². The molecule has 64 valence electrons. The second kappa shape index (κ2) is 4.38. The maximum absolute atomic E-state index is 9.75. The van der Waals surface area contributed by atoms with Gasteiger partial charge in [-0.3, -0.25) is 0 Å². The third-order valence-corrected chi connectivity index (χ3v) is 1.85. The minimum Gasteiger partial charge on any atom is -0.385 e. The van der Waals surface area contributed by atoms with E-state index in [9.17, 15) is 5.11 Å². The first-order valence-corrected chi connectivity index (χ1v) is 4.17. The molecule has 0 rings (SSSR count). The van der Waals surface area contributed by atoms with Crippen molar-refractivity contribution in [2.75, 3.05) is 0 Å². The molecule has 0 aromatic carbocycles. The maximum Gasteiger partial charge on any atom is 0.0895 e. The zero-order chi connectivity index (χ0) is 8.91. The molecular formula is C10H18O. The Morgan fingerprint density at radius 2 is 1.82 bits per heavy atom. The van der Waals surface area contributed by atoms with Gasteiger partial charge in [0.25, 0.3) is 0 Å². The molecule has 0 spiro atoms. The van der Waals surface area contributed by atoms with E-state index in [1.807, 2.05) is 27.7 Å². The Kier molecular flexibility index (Phi) is 4.17. The Balaban J connectivity index is 4.43. The Labute approximate surface area is 69.4 Å². The molecule has 0 radical (unpaired) electrons. The predicted octanol–water partition coefficient (Wildman–Crippen LogP) is 2.66. The van der Waals surface area contributed by atoms with Gasteiger partial charge in [0.15, 0.2) is 0 Å². The van der Waals surface area contributed by atoms with Crippen LogP contribution >= 0.6 is 0 Å². The van der Waals surface area contributed by atoms with Gasteiger partial charge >= 0.3 is 0 Å². The van der Waals surface area contributed by atoms with Gasteiger partial charge < -0.3 is 5.11 Å². The molecule has 0 aromatic heterocycles. The van der Waals surface area contributed by atoms with Gasteiger partial charge in [0.05, 0.1) is 5.60 Å². The van der Waals surface area contributed by atoms with Crippen molar-refractivity contribution in [1.82, 2.24) is 0 Å². The summed E-state index contributed by atoms with van der Waals surface area (Å²) >= 11 is 0. The van der Waals surface area contributed by atoms with Gasteiger partial charge in [-0.2, -0.15) is 0 Å². The van der Waals surface area contributed by atoms with E-state index in [-0.39, 0.29) is 0 Å². The van der Waals surface area contributed by atoms with Crippen molar-refractivity contribution in [3.63, 3.8) is 0 Å². The van der Waals surface area contributed by atoms with Crippen molar-refractivity contribution in [3.05, 3.63) is 17.4 Å². The average molecular weight is 154 g/mol. The fraction of sp³-hybridized carbons (Fsp3) is 0.700. The third kappa shape index (κ3) is 4.02. The second-order valence-corrected chi connectivity index (χ2v) is 3.10. The second-order valence-electron chi connectivity index (χ2n) is 3.10. The van der Waals surface area contributed by atoms with Crippen LogP contribution < -0.4 is 0 Å². The van der Waals surface area contributed by atoms with E-state index >= 15 is 0 Å². The van der Waals surface area contributed by atoms with Crippen LogP contribution in [0.1, 0.15) is 40.5 Å². The SMILES string of the molecule is CCC(O)(C=C=C(C)C)CC. The quantitative estimate of drug-likeness (QED) is 0.620. The number of aliphatic hydroxyl groups is 1. The molecular weight excluding hydrogens is 136 g/mol. The van der Waals surface area contributed by atoms with E-state index in [4.69, 9.17) is 0 Å². The predicted molar refractivity (Wildman–Crippen MR) is 48.5 cm³/mol. The number of hydrogen-bond donors (Lipinski definition) is 1. The lowest BCUT2D eigenvalue weighted by molar-refractivity contribution is 0.0830. The zero-order valence-electron chi connectivity index (χ0n) is 7.94. The van der Waals surface area contributed by atoms with Crippen LogP contribution in [-0.2, 0) is 0 Å². The molecule has 1 N–H and O–H groups in total. The van der Waals surface area contributed by atoms with Gasteiger partial charge in [-0.05, 0) is 38.3 Å². The summed E-state index contributed by atoms with van der Waals surface area (Å²) in [6.45, 7) is 7.91. The lowest BCUT2D eigenvalue weighted by atomic mass is 9.97. The standard InChI is InChI=1S/C10H18O/c1-5-10(11,6-2)8-7-9(3)4/h8,11H,5-6H2,1-4H3. The Hall–Kier alpha value is -0.520. The fourth-order valence-electron chi connectivity index (χ4n) is 0.733. The summed E-state index contributed by atoms with van der Waals surface area (Å²) in [4.78, 5) is 0. The molecule has 0 aromatic rings. The van der Waals surface area contributed by atoms with Crippen molar-refractivity contribution < 1.29 is 5.11 Å². The lowest BCUT2D eigenvalue weighted by Gasteiger charge is -2.18. The molecule has 0 saturated heterocycles. The highest BCUT2D eigenvalue weighted by Gasteiger charge is 2.16. The summed E-state index contributed by atoms with van der Waals surface area (Å²) in [5.41, 5.74) is 3.49. The first-order valence-electron chi connectivity index (χ1n) is 4.17. The number of hydrogen-bond acceptors (Lipinski definition) is 1. The summed E-state index contributed by atoms with van der Waals surface area (Å²) in [7, 11) is 0. The highest BCUT2D eigenvalue weighted by Crippen LogP contribution is 2.15. The van der Waals surface area contributed by atoms with Crippen LogP contribution in [0, 0.1) is 0 Å². The summed E-state index contributed by atoms with van der Waals surface area (Å²) in [5, 5.41) is 9.75. The Bertz CT molecular complexity index is 165. The minimum atomic E-state index is -0.642. The molecule has 0 aliphatic rings. The van der Waals surface area contributed by atoms with Crippen molar-refractivity contribution in [3.8, 4) is 0 Å². The van der Waals surface area contributed by atoms with Crippen LogP contribution in [0.4, 0.5) is 0 Å². The van der Waals surface area contributed by atoms with Crippen LogP contribution in [0.25, 0.3) is 0 Å². The van der Waals surface area contributed by atoms with Crippen molar-refractivity contribution >= 4 is 0 Å². The highest BCUT2D eigenvalue weighted by molar-refractivity contribution is 5.03. The molecule has 0 saturated carbocycles. The smallest absolute Gasteiger partial charge is 0.0895 e. The largest absolute Gasteiger partial charge is 0.385 e. The van der Waals surface area contributed by atoms with Crippen molar-refractivity contribution in [2.24, 2.45) is 0 Å². The molecule has 0 atom stereocenters. The molecule has 0 unspecified atom stereocenters. The lowest BCUT2D eigenvalue weighted by Crippen LogP contribution is -2.22. The highest BCUT2D eigenvalue weighted by atomic mass is 16.3. The van der Waals surface area contributed by atoms with Crippen molar-refractivity contribution in [2.45, 2.75) is 46.1 Å². The van der Waals surface area contributed by atoms with E-state index in [1.54, 1.807) is 6.08 Å². The van der Waals surface area contributed by atoms with Crippen LogP contribution in [-0.4, -0.2) is 10.7 Å². The van der Waals surface area contributed by atoms with Gasteiger partial charge in [-0.15, -0.1) is 5.73 Å². The monoisotopic (exact) mass is 154 g/mol. The Morgan fingerprint density at radius 3 is 2.09 bits per heavy atom. The maximum atomic E-state index is 9.75. The molecule has 1 heteroatoms. The summed E-state index contributed by atoms with van der Waals surface area (Å²) in [5.74, 6) is 0. The van der Waals surface area contributed by atoms with E-state index in [0.29, 0.717) is 0 Å². The van der Waals surface area contributed by atoms with Crippen LogP contribution in [0.3, 0.4) is 0 Å². The Morgan fingerprint density at radius 1 is 1.36 bits per heavy atom. The van der Waals surface area contributed by atoms with E-state index in [1.165, 1.54) is 0 Å². The average Bonchev–Trinajstić information content (AvgIpc) is 2.00. The topological polar surface area (TPSA) is 20.2 Å². The molecule has 0 fully saturated rings. The normalized spacial score (nSPS) is 10.6. The summed E-state index contributed by atoms with van der Waals surface area (Å²) in [6.07, 6.45) is 3.27. The van der Waals surface area contributed by atoms with Crippen LogP contribution in [0.5, 0.6) is 0 Å². The van der Waals surface area contributed by atoms with E-state index in [0.717, 1.165) is 18.4 Å². The van der Waals surface area contributed by atoms with Crippen LogP contribution in [0.2, 0.25) is 0 Å². The minimum absolute atomic E-state index is 0.642. The van der Waals surface area contributed by atoms with Gasteiger partial charge in [0.2, 0.25) is 0 Å². The molecule has 0 bridgehead atoms. The fourth-order valence-corrected chi connectivity index (χ4v) is 0.733. The summed E-state index contributed by atoms with van der Waals surface area (Å²) < 4.78 is 0. The van der Waals surface area contributed by atoms with E-state index in [2.05, 4.69) is 5.73 Å². The molecule has 11 heavy (non-hydrogen) atoms. The molecule has 0 aliphatic heterocycles. The first kappa shape index (κ1) is 10.5. The summed E-state index contributed by atoms with van der Waals surface area (Å²) in [6, 6.07) is 0. The van der Waals surface area contributed by atoms with Gasteiger partial charge in [-0.1, -0.05) is 13.8 Å². The third-order valence-electron chi connectivity index (χ3n) is 1.85. The van der Waals surface area contributed by atoms with E-state index < -0.39 is 5.60 Å². The molecule has 0 amide bonds. The molecule has 0 aliphatic carbocycles. The number of rotatable bonds is 3. The zero-order valence-corrected chi connectivity index (χ0v) is 7.94. The van der Waals surface area contributed by atoms with Gasteiger partial charge in [0, 0.05) is 0 Å². The van der Waals surface area contributed by atoms with Gasteiger partial charge in [0.1, 0.15) is 0 Å². The van der Waals surface area contributed by atoms with Gasteiger partial charge in [-0.25, -0.2) is 0 Å². The molecule has 0 heterocycles. The van der Waals surface area contributed by atoms with Crippen molar-refractivity contribution in [1.29, 1.82) is 0 Å². The molecule has 1 nitrogen and oxygen atoms in total.